The Hall–Kier alpha value is 0.310. The monoisotopic (exact) mass is 208 g/mol. The van der Waals surface area contributed by atoms with Crippen LogP contribution in [0.3, 0.4) is 0 Å². The van der Waals surface area contributed by atoms with Crippen LogP contribution in [0.1, 0.15) is 27.7 Å². The topological polar surface area (TPSA) is 33.3 Å². The van der Waals surface area contributed by atoms with Crippen molar-refractivity contribution in [2.75, 3.05) is 20.2 Å². The molecule has 0 aliphatic rings. The van der Waals surface area contributed by atoms with Gasteiger partial charge >= 0.3 is 0 Å². The molecule has 2 N–H and O–H groups in total. The zero-order chi connectivity index (χ0) is 10.7. The van der Waals surface area contributed by atoms with Crippen LogP contribution in [0.2, 0.25) is 0 Å². The Balaban J connectivity index is 0. The Labute approximate surface area is 85.3 Å². The maximum absolute atomic E-state index is 4.64. The average molecular weight is 208 g/mol. The number of hydrogen-bond acceptors (Lipinski definition) is 3. The molecule has 0 spiro atoms. The molecule has 0 rings (SSSR count). The predicted molar refractivity (Wildman–Crippen MR) is 63.0 cm³/mol. The van der Waals surface area contributed by atoms with Gasteiger partial charge in [-0.15, -0.1) is 0 Å². The van der Waals surface area contributed by atoms with E-state index in [1.165, 1.54) is 0 Å². The van der Waals surface area contributed by atoms with Crippen LogP contribution in [0.15, 0.2) is 0 Å². The van der Waals surface area contributed by atoms with Crippen LogP contribution in [0.4, 0.5) is 0 Å². The van der Waals surface area contributed by atoms with E-state index in [-0.39, 0.29) is 0 Å². The summed E-state index contributed by atoms with van der Waals surface area (Å²) in [6.07, 6.45) is 0. The quantitative estimate of drug-likeness (QED) is 0.529. The molecule has 1 unspecified atom stereocenters. The normalized spacial score (nSPS) is 10.2. The van der Waals surface area contributed by atoms with Gasteiger partial charge in [0.2, 0.25) is 0 Å². The van der Waals surface area contributed by atoms with Crippen LogP contribution < -0.4 is 10.6 Å². The van der Waals surface area contributed by atoms with Gasteiger partial charge in [-0.05, 0) is 7.05 Å². The van der Waals surface area contributed by atoms with Gasteiger partial charge in [-0.25, -0.2) is 0 Å². The molecule has 0 fully saturated rings. The predicted octanol–water partition coefficient (Wildman–Crippen LogP) is 1.41. The second kappa shape index (κ2) is 12.3. The molecule has 0 aromatic carbocycles. The molecule has 0 heterocycles. The number of nitrogens with one attached hydrogen (secondary N) is 2. The van der Waals surface area contributed by atoms with Gasteiger partial charge in [-0.3, -0.25) is 0 Å². The van der Waals surface area contributed by atoms with Crippen molar-refractivity contribution in [1.82, 2.24) is 10.6 Å². The highest BCUT2D eigenvalue weighted by Gasteiger charge is 1.92. The first kappa shape index (κ1) is 15.8. The summed E-state index contributed by atoms with van der Waals surface area (Å²) in [7, 11) is 4.08. The molecule has 0 aliphatic heterocycles. The van der Waals surface area contributed by atoms with E-state index >= 15 is 0 Å². The summed E-state index contributed by atoms with van der Waals surface area (Å²) in [6.45, 7) is 10.3. The third-order valence-electron chi connectivity index (χ3n) is 1.14. The average Bonchev–Trinajstić information content (AvgIpc) is 1.99. The molecule has 13 heavy (non-hydrogen) atoms. The number of hydrogen-bond donors (Lipinski definition) is 2. The first-order valence-electron chi connectivity index (χ1n) is 4.76. The molecule has 0 aromatic rings. The van der Waals surface area contributed by atoms with Gasteiger partial charge in [0, 0.05) is 28.1 Å². The Morgan fingerprint density at radius 1 is 1.15 bits per heavy atom. The summed E-state index contributed by atoms with van der Waals surface area (Å²) in [5, 5.41) is 6.24. The maximum Gasteiger partial charge on any atom is 0.0626 e. The van der Waals surface area contributed by atoms with Crippen molar-refractivity contribution in [1.29, 1.82) is 0 Å². The van der Waals surface area contributed by atoms with Crippen LogP contribution in [-0.2, 0) is 4.52 Å². The molecule has 3 nitrogen and oxygen atoms in total. The minimum absolute atomic E-state index is 0.625. The maximum atomic E-state index is 4.64. The fraction of sp³-hybridized carbons (Fsp3) is 1.00. The molecule has 82 valence electrons. The van der Waals surface area contributed by atoms with E-state index in [0.29, 0.717) is 12.1 Å². The molecule has 4 heteroatoms. The summed E-state index contributed by atoms with van der Waals surface area (Å²) in [4.78, 5) is 0. The number of likely N-dealkylation sites (N-methyl/N-ethyl adjacent to an activating group) is 1. The van der Waals surface area contributed by atoms with Crippen molar-refractivity contribution in [3.8, 4) is 0 Å². The van der Waals surface area contributed by atoms with Gasteiger partial charge in [-0.1, -0.05) is 27.7 Å². The van der Waals surface area contributed by atoms with Crippen molar-refractivity contribution in [2.45, 2.75) is 39.8 Å². The molecule has 0 aliphatic carbocycles. The first-order valence-corrected chi connectivity index (χ1v) is 5.24. The summed E-state index contributed by atoms with van der Waals surface area (Å²) in [5.41, 5.74) is 0. The Bertz CT molecular complexity index is 79.7. The molecule has 0 saturated carbocycles. The summed E-state index contributed by atoms with van der Waals surface area (Å²) in [6, 6.07) is 1.25. The van der Waals surface area contributed by atoms with Crippen molar-refractivity contribution < 1.29 is 4.52 Å². The molecular formula is C9H25N2OP. The highest BCUT2D eigenvalue weighted by atomic mass is 31.0. The van der Waals surface area contributed by atoms with Crippen LogP contribution >= 0.6 is 9.47 Å². The minimum atomic E-state index is 0.625. The van der Waals surface area contributed by atoms with Gasteiger partial charge in [0.05, 0.1) is 6.61 Å². The molecule has 0 saturated heterocycles. The summed E-state index contributed by atoms with van der Waals surface area (Å²) >= 11 is 0. The van der Waals surface area contributed by atoms with E-state index in [9.17, 15) is 0 Å². The van der Waals surface area contributed by atoms with Crippen molar-refractivity contribution in [3.63, 3.8) is 0 Å². The lowest BCUT2D eigenvalue weighted by Crippen LogP contribution is -2.29. The fourth-order valence-electron chi connectivity index (χ4n) is 0.828. The van der Waals surface area contributed by atoms with Gasteiger partial charge in [-0.2, -0.15) is 0 Å². The zero-order valence-electron chi connectivity index (χ0n) is 9.55. The molecule has 0 aromatic heterocycles. The lowest BCUT2D eigenvalue weighted by atomic mass is 10.3. The van der Waals surface area contributed by atoms with Gasteiger partial charge in [0.1, 0.15) is 0 Å². The highest BCUT2D eigenvalue weighted by molar-refractivity contribution is 7.09. The van der Waals surface area contributed by atoms with E-state index in [1.54, 1.807) is 0 Å². The van der Waals surface area contributed by atoms with Crippen molar-refractivity contribution in [2.24, 2.45) is 0 Å². The van der Waals surface area contributed by atoms with Gasteiger partial charge < -0.3 is 15.2 Å². The van der Waals surface area contributed by atoms with E-state index in [0.717, 1.165) is 13.2 Å². The molecule has 1 atom stereocenters. The SMILES string of the molecule is CC(C)NC(C)C.CNCCOP. The van der Waals surface area contributed by atoms with Crippen LogP contribution in [0, 0.1) is 0 Å². The van der Waals surface area contributed by atoms with E-state index in [1.807, 2.05) is 7.05 Å². The molecular weight excluding hydrogens is 183 g/mol. The molecule has 0 bridgehead atoms. The third kappa shape index (κ3) is 24.5. The smallest absolute Gasteiger partial charge is 0.0626 e. The van der Waals surface area contributed by atoms with Gasteiger partial charge in [0.25, 0.3) is 0 Å². The summed E-state index contributed by atoms with van der Waals surface area (Å²) in [5.74, 6) is 0. The lowest BCUT2D eigenvalue weighted by Gasteiger charge is -2.10. The zero-order valence-corrected chi connectivity index (χ0v) is 10.7. The third-order valence-corrected chi connectivity index (χ3v) is 1.37. The second-order valence-corrected chi connectivity index (χ2v) is 3.78. The Kier molecular flexibility index (Phi) is 14.9. The Morgan fingerprint density at radius 3 is 1.69 bits per heavy atom. The lowest BCUT2D eigenvalue weighted by molar-refractivity contribution is 0.371. The van der Waals surface area contributed by atoms with Crippen LogP contribution in [0.5, 0.6) is 0 Å². The standard InChI is InChI=1S/C6H15N.C3H10NOP/c1-5(2)7-6(3)4;1-4-2-3-5-6/h5-7H,1-4H3;4H,2-3,6H2,1H3. The Morgan fingerprint density at radius 2 is 1.62 bits per heavy atom. The van der Waals surface area contributed by atoms with Crippen LogP contribution in [0.25, 0.3) is 0 Å². The largest absolute Gasteiger partial charge is 0.364 e. The molecule has 0 amide bonds. The molecule has 0 radical (unpaired) electrons. The van der Waals surface area contributed by atoms with E-state index < -0.39 is 0 Å². The van der Waals surface area contributed by atoms with E-state index in [2.05, 4.69) is 52.3 Å². The highest BCUT2D eigenvalue weighted by Crippen LogP contribution is 1.80. The number of rotatable bonds is 5. The second-order valence-electron chi connectivity index (χ2n) is 3.45. The van der Waals surface area contributed by atoms with Crippen LogP contribution in [-0.4, -0.2) is 32.3 Å². The fourth-order valence-corrected chi connectivity index (χ4v) is 0.946. The first-order chi connectivity index (χ1) is 6.04. The van der Waals surface area contributed by atoms with Gasteiger partial charge in [0.15, 0.2) is 0 Å². The minimum Gasteiger partial charge on any atom is -0.364 e. The van der Waals surface area contributed by atoms with Crippen molar-refractivity contribution >= 4 is 9.47 Å². The van der Waals surface area contributed by atoms with Crippen molar-refractivity contribution in [3.05, 3.63) is 0 Å². The summed E-state index contributed by atoms with van der Waals surface area (Å²) < 4.78 is 4.64. The van der Waals surface area contributed by atoms with E-state index in [4.69, 9.17) is 0 Å².